The van der Waals surface area contributed by atoms with Gasteiger partial charge in [-0.2, -0.15) is 5.10 Å². The summed E-state index contributed by atoms with van der Waals surface area (Å²) in [7, 11) is 0. The molecule has 1 aromatic carbocycles. The van der Waals surface area contributed by atoms with Crippen molar-refractivity contribution in [3.05, 3.63) is 55.0 Å². The van der Waals surface area contributed by atoms with Crippen LogP contribution in [-0.4, -0.2) is 19.7 Å². The quantitative estimate of drug-likeness (QED) is 0.739. The minimum atomic E-state index is 0.397. The summed E-state index contributed by atoms with van der Waals surface area (Å²) in [5.41, 5.74) is 7.46. The molecule has 3 rings (SSSR count). The lowest BCUT2D eigenvalue weighted by Gasteiger charge is -1.99. The van der Waals surface area contributed by atoms with Crippen molar-refractivity contribution in [2.75, 3.05) is 5.73 Å². The van der Waals surface area contributed by atoms with Crippen LogP contribution < -0.4 is 5.73 Å². The first-order valence-corrected chi connectivity index (χ1v) is 5.52. The summed E-state index contributed by atoms with van der Waals surface area (Å²) < 4.78 is 1.68. The predicted molar refractivity (Wildman–Crippen MR) is 69.0 cm³/mol. The SMILES string of the molecule is Nc1cnc(-n2ccc(-c3ccccc3)n2)cn1. The van der Waals surface area contributed by atoms with Gasteiger partial charge in [-0.3, -0.25) is 0 Å². The maximum atomic E-state index is 5.50. The third kappa shape index (κ3) is 1.93. The number of hydrogen-bond acceptors (Lipinski definition) is 4. The van der Waals surface area contributed by atoms with E-state index in [1.54, 1.807) is 10.9 Å². The molecule has 2 N–H and O–H groups in total. The van der Waals surface area contributed by atoms with E-state index in [4.69, 9.17) is 5.73 Å². The molecule has 0 fully saturated rings. The van der Waals surface area contributed by atoms with E-state index in [0.717, 1.165) is 11.3 Å². The topological polar surface area (TPSA) is 69.6 Å². The molecular weight excluding hydrogens is 226 g/mol. The average molecular weight is 237 g/mol. The Morgan fingerprint density at radius 3 is 2.50 bits per heavy atom. The van der Waals surface area contributed by atoms with Crippen LogP contribution in [-0.2, 0) is 0 Å². The Hall–Kier alpha value is -2.69. The van der Waals surface area contributed by atoms with Crippen molar-refractivity contribution in [1.82, 2.24) is 19.7 Å². The van der Waals surface area contributed by atoms with Crippen molar-refractivity contribution in [1.29, 1.82) is 0 Å². The first kappa shape index (κ1) is 10.5. The molecule has 2 aromatic heterocycles. The molecule has 5 nitrogen and oxygen atoms in total. The van der Waals surface area contributed by atoms with Crippen molar-refractivity contribution in [3.8, 4) is 17.1 Å². The molecule has 18 heavy (non-hydrogen) atoms. The zero-order valence-electron chi connectivity index (χ0n) is 9.56. The van der Waals surface area contributed by atoms with Crippen LogP contribution in [0.2, 0.25) is 0 Å². The molecule has 0 bridgehead atoms. The third-order valence-electron chi connectivity index (χ3n) is 2.55. The molecule has 0 saturated heterocycles. The van der Waals surface area contributed by atoms with E-state index < -0.39 is 0 Å². The highest BCUT2D eigenvalue weighted by Crippen LogP contribution is 2.17. The molecule has 0 saturated carbocycles. The second-order valence-corrected chi connectivity index (χ2v) is 3.81. The fourth-order valence-electron chi connectivity index (χ4n) is 1.66. The van der Waals surface area contributed by atoms with Gasteiger partial charge in [-0.05, 0) is 6.07 Å². The fraction of sp³-hybridized carbons (Fsp3) is 0. The van der Waals surface area contributed by atoms with E-state index in [1.807, 2.05) is 42.6 Å². The first-order valence-electron chi connectivity index (χ1n) is 5.52. The molecular formula is C13H11N5. The van der Waals surface area contributed by atoms with Gasteiger partial charge < -0.3 is 5.73 Å². The predicted octanol–water partition coefficient (Wildman–Crippen LogP) is 1.91. The van der Waals surface area contributed by atoms with Crippen molar-refractivity contribution in [2.45, 2.75) is 0 Å². The summed E-state index contributed by atoms with van der Waals surface area (Å²) in [6, 6.07) is 11.9. The van der Waals surface area contributed by atoms with Gasteiger partial charge in [0, 0.05) is 11.8 Å². The van der Waals surface area contributed by atoms with Crippen LogP contribution in [0.15, 0.2) is 55.0 Å². The Bertz CT molecular complexity index is 643. The van der Waals surface area contributed by atoms with E-state index in [1.165, 1.54) is 6.20 Å². The van der Waals surface area contributed by atoms with Crippen LogP contribution in [0.5, 0.6) is 0 Å². The summed E-state index contributed by atoms with van der Waals surface area (Å²) in [6.45, 7) is 0. The first-order chi connectivity index (χ1) is 8.83. The number of hydrogen-bond donors (Lipinski definition) is 1. The molecule has 2 heterocycles. The monoisotopic (exact) mass is 237 g/mol. The third-order valence-corrected chi connectivity index (χ3v) is 2.55. The van der Waals surface area contributed by atoms with Gasteiger partial charge in [0.1, 0.15) is 5.82 Å². The molecule has 0 atom stereocenters. The van der Waals surface area contributed by atoms with Crippen LogP contribution in [0, 0.1) is 0 Å². The lowest BCUT2D eigenvalue weighted by molar-refractivity contribution is 0.842. The van der Waals surface area contributed by atoms with Gasteiger partial charge in [-0.15, -0.1) is 0 Å². The van der Waals surface area contributed by atoms with Gasteiger partial charge in [-0.25, -0.2) is 14.6 Å². The largest absolute Gasteiger partial charge is 0.382 e. The van der Waals surface area contributed by atoms with E-state index >= 15 is 0 Å². The number of nitrogen functional groups attached to an aromatic ring is 1. The van der Waals surface area contributed by atoms with Gasteiger partial charge in [0.25, 0.3) is 0 Å². The Kier molecular flexibility index (Phi) is 2.49. The van der Waals surface area contributed by atoms with Crippen LogP contribution >= 0.6 is 0 Å². The summed E-state index contributed by atoms with van der Waals surface area (Å²) in [6.07, 6.45) is 4.96. The standard InChI is InChI=1S/C13H11N5/c14-12-8-16-13(9-15-12)18-7-6-11(17-18)10-4-2-1-3-5-10/h1-9H,(H2,14,15). The highest BCUT2D eigenvalue weighted by atomic mass is 15.3. The van der Waals surface area contributed by atoms with Gasteiger partial charge in [-0.1, -0.05) is 30.3 Å². The van der Waals surface area contributed by atoms with Crippen LogP contribution in [0.1, 0.15) is 0 Å². The molecule has 0 aliphatic heterocycles. The molecule has 0 unspecified atom stereocenters. The average Bonchev–Trinajstić information content (AvgIpc) is 2.90. The van der Waals surface area contributed by atoms with Gasteiger partial charge >= 0.3 is 0 Å². The minimum absolute atomic E-state index is 0.397. The highest BCUT2D eigenvalue weighted by molar-refractivity contribution is 5.58. The van der Waals surface area contributed by atoms with Gasteiger partial charge in [0.2, 0.25) is 0 Å². The number of benzene rings is 1. The molecule has 0 aliphatic rings. The number of rotatable bonds is 2. The summed E-state index contributed by atoms with van der Waals surface area (Å²) >= 11 is 0. The number of nitrogens with two attached hydrogens (primary N) is 1. The number of aromatic nitrogens is 4. The van der Waals surface area contributed by atoms with Crippen molar-refractivity contribution >= 4 is 5.82 Å². The lowest BCUT2D eigenvalue weighted by Crippen LogP contribution is -2.00. The normalized spacial score (nSPS) is 10.4. The summed E-state index contributed by atoms with van der Waals surface area (Å²) in [4.78, 5) is 8.16. The summed E-state index contributed by atoms with van der Waals surface area (Å²) in [5, 5.41) is 4.45. The van der Waals surface area contributed by atoms with Gasteiger partial charge in [0.15, 0.2) is 5.82 Å². The second kappa shape index (κ2) is 4.29. The molecule has 0 amide bonds. The zero-order chi connectivity index (χ0) is 12.4. The van der Waals surface area contributed by atoms with Crippen LogP contribution in [0.3, 0.4) is 0 Å². The zero-order valence-corrected chi connectivity index (χ0v) is 9.56. The molecule has 0 aliphatic carbocycles. The van der Waals surface area contributed by atoms with Gasteiger partial charge in [0.05, 0.1) is 18.1 Å². The van der Waals surface area contributed by atoms with E-state index in [9.17, 15) is 0 Å². The number of anilines is 1. The van der Waals surface area contributed by atoms with Crippen LogP contribution in [0.4, 0.5) is 5.82 Å². The Morgan fingerprint density at radius 2 is 1.78 bits per heavy atom. The maximum Gasteiger partial charge on any atom is 0.171 e. The smallest absolute Gasteiger partial charge is 0.171 e. The van der Waals surface area contributed by atoms with E-state index in [-0.39, 0.29) is 0 Å². The Labute approximate surface area is 104 Å². The van der Waals surface area contributed by atoms with Crippen molar-refractivity contribution in [2.24, 2.45) is 0 Å². The minimum Gasteiger partial charge on any atom is -0.382 e. The second-order valence-electron chi connectivity index (χ2n) is 3.81. The highest BCUT2D eigenvalue weighted by Gasteiger charge is 2.04. The van der Waals surface area contributed by atoms with E-state index in [0.29, 0.717) is 11.6 Å². The molecule has 0 radical (unpaired) electrons. The lowest BCUT2D eigenvalue weighted by atomic mass is 10.2. The van der Waals surface area contributed by atoms with Crippen LogP contribution in [0.25, 0.3) is 17.1 Å². The summed E-state index contributed by atoms with van der Waals surface area (Å²) in [5.74, 6) is 1.04. The Morgan fingerprint density at radius 1 is 0.944 bits per heavy atom. The Balaban J connectivity index is 1.97. The van der Waals surface area contributed by atoms with E-state index in [2.05, 4.69) is 15.1 Å². The number of nitrogens with zero attached hydrogens (tertiary/aromatic N) is 4. The molecule has 5 heteroatoms. The van der Waals surface area contributed by atoms with Crippen molar-refractivity contribution < 1.29 is 0 Å². The van der Waals surface area contributed by atoms with Crippen molar-refractivity contribution in [3.63, 3.8) is 0 Å². The maximum absolute atomic E-state index is 5.50. The molecule has 3 aromatic rings. The molecule has 88 valence electrons. The molecule has 0 spiro atoms. The fourth-order valence-corrected chi connectivity index (χ4v) is 1.66.